The van der Waals surface area contributed by atoms with E-state index < -0.39 is 17.8 Å². The van der Waals surface area contributed by atoms with Gasteiger partial charge in [0.2, 0.25) is 0 Å². The average molecular weight is 447 g/mol. The lowest BCUT2D eigenvalue weighted by Gasteiger charge is -2.62. The number of allylic oxidation sites excluding steroid dienone is 1. The number of fused-ring (bicyclic) bond motifs is 5. The summed E-state index contributed by atoms with van der Waals surface area (Å²) in [6, 6.07) is 0. The molecule has 0 radical (unpaired) electrons. The van der Waals surface area contributed by atoms with Gasteiger partial charge in [-0.25, -0.2) is 0 Å². The van der Waals surface area contributed by atoms with Gasteiger partial charge in [0, 0.05) is 11.8 Å². The van der Waals surface area contributed by atoms with Gasteiger partial charge >= 0.3 is 0 Å². The topological polar surface area (TPSA) is 60.7 Å². The maximum absolute atomic E-state index is 11.6. The fraction of sp³-hybridized carbons (Fsp3) is 0.931. The van der Waals surface area contributed by atoms with Crippen LogP contribution in [0.15, 0.2) is 11.6 Å². The van der Waals surface area contributed by atoms with Crippen LogP contribution < -0.4 is 0 Å². The largest absolute Gasteiger partial charge is 0.393 e. The second kappa shape index (κ2) is 8.68. The highest BCUT2D eigenvalue weighted by Gasteiger charge is 2.64. The minimum atomic E-state index is -1.19. The molecule has 3 heteroatoms. The zero-order valence-electron chi connectivity index (χ0n) is 21.6. The first-order valence-electron chi connectivity index (χ1n) is 13.8. The second-order valence-corrected chi connectivity index (χ2v) is 13.2. The summed E-state index contributed by atoms with van der Waals surface area (Å²) in [5.41, 5.74) is 0.259. The molecule has 3 saturated carbocycles. The van der Waals surface area contributed by atoms with Crippen molar-refractivity contribution in [1.29, 1.82) is 0 Å². The van der Waals surface area contributed by atoms with Crippen LogP contribution in [0.3, 0.4) is 0 Å². The molecule has 0 aliphatic heterocycles. The number of hydrogen-bond acceptors (Lipinski definition) is 3. The second-order valence-electron chi connectivity index (χ2n) is 13.2. The fourth-order valence-electron chi connectivity index (χ4n) is 9.21. The highest BCUT2D eigenvalue weighted by molar-refractivity contribution is 5.33. The van der Waals surface area contributed by atoms with Gasteiger partial charge in [0.1, 0.15) is 11.7 Å². The molecule has 0 saturated heterocycles. The lowest BCUT2D eigenvalue weighted by molar-refractivity contribution is -0.210. The molecule has 0 aromatic rings. The van der Waals surface area contributed by atoms with Crippen molar-refractivity contribution in [2.24, 2.45) is 46.3 Å². The molecule has 4 rings (SSSR count). The van der Waals surface area contributed by atoms with Gasteiger partial charge in [-0.05, 0) is 85.9 Å². The molecular formula is C29H50O3. The molecule has 3 N–H and O–H groups in total. The Balaban J connectivity index is 1.56. The van der Waals surface area contributed by atoms with Gasteiger partial charge in [-0.1, -0.05) is 66.0 Å². The molecule has 3 fully saturated rings. The Morgan fingerprint density at radius 1 is 0.969 bits per heavy atom. The van der Waals surface area contributed by atoms with Gasteiger partial charge in [-0.15, -0.1) is 0 Å². The van der Waals surface area contributed by atoms with Crippen LogP contribution in [0.2, 0.25) is 0 Å². The van der Waals surface area contributed by atoms with Crippen LogP contribution in [0.25, 0.3) is 0 Å². The van der Waals surface area contributed by atoms with Gasteiger partial charge in [0.25, 0.3) is 0 Å². The lowest BCUT2D eigenvalue weighted by atomic mass is 9.45. The third-order valence-electron chi connectivity index (χ3n) is 11.5. The summed E-state index contributed by atoms with van der Waals surface area (Å²) in [4.78, 5) is 0. The third kappa shape index (κ3) is 3.64. The minimum Gasteiger partial charge on any atom is -0.393 e. The monoisotopic (exact) mass is 446 g/mol. The Labute approximate surface area is 197 Å². The standard InChI is InChI=1S/C29H50O3/c1-7-20(18(2)3)9-8-19(4)23-10-11-24-22-16-26(31)29(32)17-21(30)12-15-28(29,6)25(22)13-14-27(23,24)5/h16,18-21,23-26,30-32H,7-15,17H2,1-6H3. The number of aliphatic hydroxyl groups excluding tert-OH is 2. The molecule has 0 heterocycles. The third-order valence-corrected chi connectivity index (χ3v) is 11.5. The zero-order valence-corrected chi connectivity index (χ0v) is 21.6. The van der Waals surface area contributed by atoms with E-state index >= 15 is 0 Å². The van der Waals surface area contributed by atoms with E-state index in [1.54, 1.807) is 0 Å². The van der Waals surface area contributed by atoms with Crippen LogP contribution in [0.5, 0.6) is 0 Å². The molecule has 10 unspecified atom stereocenters. The van der Waals surface area contributed by atoms with Crippen molar-refractivity contribution in [3.8, 4) is 0 Å². The zero-order chi connectivity index (χ0) is 23.5. The quantitative estimate of drug-likeness (QED) is 0.431. The molecule has 0 amide bonds. The predicted molar refractivity (Wildman–Crippen MR) is 131 cm³/mol. The van der Waals surface area contributed by atoms with Crippen LogP contribution in [0.1, 0.15) is 106 Å². The van der Waals surface area contributed by atoms with E-state index in [1.165, 1.54) is 44.1 Å². The molecule has 0 bridgehead atoms. The van der Waals surface area contributed by atoms with Gasteiger partial charge in [0.15, 0.2) is 0 Å². The molecule has 32 heavy (non-hydrogen) atoms. The van der Waals surface area contributed by atoms with E-state index in [-0.39, 0.29) is 5.41 Å². The molecule has 0 aromatic carbocycles. The molecule has 4 aliphatic rings. The Morgan fingerprint density at radius 3 is 2.34 bits per heavy atom. The SMILES string of the molecule is CCC(CCC(C)C1CCC2C3=CC(O)C4(O)CC(O)CCC4(C)C3CCC21C)C(C)C. The Hall–Kier alpha value is -0.380. The van der Waals surface area contributed by atoms with E-state index in [1.807, 2.05) is 6.08 Å². The van der Waals surface area contributed by atoms with Crippen molar-refractivity contribution in [2.75, 3.05) is 0 Å². The summed E-state index contributed by atoms with van der Waals surface area (Å²) >= 11 is 0. The van der Waals surface area contributed by atoms with E-state index in [2.05, 4.69) is 41.5 Å². The number of rotatable bonds is 6. The lowest BCUT2D eigenvalue weighted by Crippen LogP contribution is -2.65. The normalized spacial score (nSPS) is 47.9. The summed E-state index contributed by atoms with van der Waals surface area (Å²) in [6.45, 7) is 14.3. The van der Waals surface area contributed by atoms with Crippen molar-refractivity contribution in [3.05, 3.63) is 11.6 Å². The summed E-state index contributed by atoms with van der Waals surface area (Å²) < 4.78 is 0. The maximum atomic E-state index is 11.6. The summed E-state index contributed by atoms with van der Waals surface area (Å²) in [5, 5.41) is 33.0. The van der Waals surface area contributed by atoms with Gasteiger partial charge in [0.05, 0.1) is 6.10 Å². The predicted octanol–water partition coefficient (Wildman–Crippen LogP) is 6.11. The van der Waals surface area contributed by atoms with Crippen LogP contribution in [-0.2, 0) is 0 Å². The Kier molecular flexibility index (Phi) is 6.71. The van der Waals surface area contributed by atoms with E-state index in [4.69, 9.17) is 0 Å². The van der Waals surface area contributed by atoms with E-state index in [9.17, 15) is 15.3 Å². The van der Waals surface area contributed by atoms with Crippen LogP contribution in [-0.4, -0.2) is 33.1 Å². The molecular weight excluding hydrogens is 396 g/mol. The maximum Gasteiger partial charge on any atom is 0.102 e. The number of hydrogen-bond donors (Lipinski definition) is 3. The van der Waals surface area contributed by atoms with Crippen molar-refractivity contribution < 1.29 is 15.3 Å². The van der Waals surface area contributed by atoms with Gasteiger partial charge in [-0.3, -0.25) is 0 Å². The van der Waals surface area contributed by atoms with Gasteiger partial charge < -0.3 is 15.3 Å². The molecule has 10 atom stereocenters. The smallest absolute Gasteiger partial charge is 0.102 e. The Bertz CT molecular complexity index is 715. The van der Waals surface area contributed by atoms with E-state index in [0.717, 1.165) is 42.9 Å². The van der Waals surface area contributed by atoms with Crippen molar-refractivity contribution in [1.82, 2.24) is 0 Å². The first-order chi connectivity index (χ1) is 15.0. The van der Waals surface area contributed by atoms with E-state index in [0.29, 0.717) is 23.7 Å². The highest BCUT2D eigenvalue weighted by atomic mass is 16.3. The molecule has 0 aromatic heterocycles. The molecule has 4 aliphatic carbocycles. The fourth-order valence-corrected chi connectivity index (χ4v) is 9.21. The van der Waals surface area contributed by atoms with Crippen molar-refractivity contribution in [2.45, 2.75) is 124 Å². The minimum absolute atomic E-state index is 0.307. The first kappa shape index (κ1) is 24.7. The summed E-state index contributed by atoms with van der Waals surface area (Å²) in [7, 11) is 0. The van der Waals surface area contributed by atoms with Crippen LogP contribution >= 0.6 is 0 Å². The highest BCUT2D eigenvalue weighted by Crippen LogP contribution is 2.67. The van der Waals surface area contributed by atoms with Crippen LogP contribution in [0, 0.1) is 46.3 Å². The first-order valence-corrected chi connectivity index (χ1v) is 13.8. The van der Waals surface area contributed by atoms with Gasteiger partial charge in [-0.2, -0.15) is 0 Å². The van der Waals surface area contributed by atoms with Crippen molar-refractivity contribution in [3.63, 3.8) is 0 Å². The average Bonchev–Trinajstić information content (AvgIpc) is 3.08. The number of aliphatic hydroxyl groups is 3. The summed E-state index contributed by atoms with van der Waals surface area (Å²) in [6.07, 6.45) is 11.4. The molecule has 0 spiro atoms. The van der Waals surface area contributed by atoms with Crippen LogP contribution in [0.4, 0.5) is 0 Å². The molecule has 3 nitrogen and oxygen atoms in total. The molecule has 184 valence electrons. The van der Waals surface area contributed by atoms with Crippen molar-refractivity contribution >= 4 is 0 Å². The Morgan fingerprint density at radius 2 is 1.69 bits per heavy atom. The summed E-state index contributed by atoms with van der Waals surface area (Å²) in [5.74, 6) is 4.02.